The van der Waals surface area contributed by atoms with Crippen LogP contribution in [0.3, 0.4) is 0 Å². The van der Waals surface area contributed by atoms with Gasteiger partial charge in [-0.25, -0.2) is 22.0 Å². The first-order valence-electron chi connectivity index (χ1n) is 10.1. The highest BCUT2D eigenvalue weighted by Crippen LogP contribution is 2.25. The first-order chi connectivity index (χ1) is 15.1. The van der Waals surface area contributed by atoms with Crippen molar-refractivity contribution in [2.24, 2.45) is 12.8 Å². The molecule has 0 bridgehead atoms. The standard InChI is InChI=1S/C22H24F2N4O3S/c1-26-21-18(24)10-16(23)11-20(21)28(22(26)29)13-17-9-15-8-14(12-25)4-5-19(15)27(17)6-3-7-32(2,30)31/h4-5,8-11H,3,6-7,12-13,25H2,1-2H3. The van der Waals surface area contributed by atoms with Gasteiger partial charge in [0.1, 0.15) is 21.2 Å². The summed E-state index contributed by atoms with van der Waals surface area (Å²) in [6, 6.07) is 9.54. The minimum atomic E-state index is -3.13. The molecule has 10 heteroatoms. The molecule has 4 rings (SSSR count). The molecule has 0 fully saturated rings. The molecule has 2 aromatic carbocycles. The van der Waals surface area contributed by atoms with Crippen LogP contribution in [-0.2, 0) is 36.5 Å². The molecule has 7 nitrogen and oxygen atoms in total. The van der Waals surface area contributed by atoms with Crippen LogP contribution in [-0.4, -0.2) is 34.1 Å². The van der Waals surface area contributed by atoms with Crippen LogP contribution in [0.5, 0.6) is 0 Å². The van der Waals surface area contributed by atoms with Crippen molar-refractivity contribution in [2.75, 3.05) is 12.0 Å². The Morgan fingerprint density at radius 1 is 1.03 bits per heavy atom. The van der Waals surface area contributed by atoms with Crippen LogP contribution in [0.25, 0.3) is 21.9 Å². The van der Waals surface area contributed by atoms with E-state index in [9.17, 15) is 22.0 Å². The third-order valence-electron chi connectivity index (χ3n) is 5.66. The van der Waals surface area contributed by atoms with Gasteiger partial charge in [0.05, 0.1) is 17.8 Å². The molecule has 2 heterocycles. The van der Waals surface area contributed by atoms with Gasteiger partial charge in [0.25, 0.3) is 0 Å². The molecule has 0 saturated heterocycles. The van der Waals surface area contributed by atoms with E-state index in [0.29, 0.717) is 19.5 Å². The fourth-order valence-electron chi connectivity index (χ4n) is 4.17. The van der Waals surface area contributed by atoms with Crippen molar-refractivity contribution in [3.8, 4) is 0 Å². The predicted molar refractivity (Wildman–Crippen MR) is 120 cm³/mol. The molecule has 2 aromatic heterocycles. The second-order valence-electron chi connectivity index (χ2n) is 8.05. The van der Waals surface area contributed by atoms with Crippen molar-refractivity contribution >= 4 is 31.8 Å². The van der Waals surface area contributed by atoms with E-state index in [4.69, 9.17) is 5.73 Å². The number of rotatable bonds is 7. The highest BCUT2D eigenvalue weighted by atomic mass is 32.2. The molecule has 170 valence electrons. The maximum absolute atomic E-state index is 14.4. The second-order valence-corrected chi connectivity index (χ2v) is 10.3. The van der Waals surface area contributed by atoms with Gasteiger partial charge in [-0.15, -0.1) is 0 Å². The van der Waals surface area contributed by atoms with Crippen LogP contribution in [0.4, 0.5) is 8.78 Å². The number of aryl methyl sites for hydroxylation is 2. The number of hydrogen-bond acceptors (Lipinski definition) is 4. The van der Waals surface area contributed by atoms with Gasteiger partial charge in [0.2, 0.25) is 0 Å². The predicted octanol–water partition coefficient (Wildman–Crippen LogP) is 2.51. The number of fused-ring (bicyclic) bond motifs is 2. The van der Waals surface area contributed by atoms with Crippen LogP contribution in [0, 0.1) is 11.6 Å². The Labute approximate surface area is 183 Å². The lowest BCUT2D eigenvalue weighted by Crippen LogP contribution is -2.24. The molecule has 0 saturated carbocycles. The number of sulfone groups is 1. The molecule has 4 aromatic rings. The van der Waals surface area contributed by atoms with E-state index in [0.717, 1.165) is 38.9 Å². The molecular formula is C22H24F2N4O3S. The Kier molecular flexibility index (Phi) is 5.68. The average molecular weight is 463 g/mol. The fraction of sp³-hybridized carbons (Fsp3) is 0.318. The summed E-state index contributed by atoms with van der Waals surface area (Å²) in [6.45, 7) is 0.854. The zero-order valence-corrected chi connectivity index (χ0v) is 18.6. The quantitative estimate of drug-likeness (QED) is 0.457. The normalized spacial score (nSPS) is 12.3. The third kappa shape index (κ3) is 4.07. The molecule has 0 aliphatic rings. The summed E-state index contributed by atoms with van der Waals surface area (Å²) in [5.41, 5.74) is 8.00. The van der Waals surface area contributed by atoms with Crippen molar-refractivity contribution < 1.29 is 17.2 Å². The highest BCUT2D eigenvalue weighted by Gasteiger charge is 2.19. The smallest absolute Gasteiger partial charge is 0.329 e. The van der Waals surface area contributed by atoms with Gasteiger partial charge in [-0.1, -0.05) is 6.07 Å². The summed E-state index contributed by atoms with van der Waals surface area (Å²) in [6.07, 6.45) is 1.58. The van der Waals surface area contributed by atoms with Crippen molar-refractivity contribution in [1.82, 2.24) is 13.7 Å². The summed E-state index contributed by atoms with van der Waals surface area (Å²) in [7, 11) is -1.68. The molecule has 0 atom stereocenters. The molecule has 0 spiro atoms. The molecule has 0 aliphatic heterocycles. The summed E-state index contributed by atoms with van der Waals surface area (Å²) in [5.74, 6) is -1.55. The van der Waals surface area contributed by atoms with E-state index in [1.807, 2.05) is 28.8 Å². The first-order valence-corrected chi connectivity index (χ1v) is 12.2. The lowest BCUT2D eigenvalue weighted by molar-refractivity contribution is 0.588. The largest absolute Gasteiger partial charge is 0.343 e. The third-order valence-corrected chi connectivity index (χ3v) is 6.69. The maximum Gasteiger partial charge on any atom is 0.329 e. The minimum Gasteiger partial charge on any atom is -0.343 e. The van der Waals surface area contributed by atoms with Gasteiger partial charge in [-0.3, -0.25) is 9.13 Å². The van der Waals surface area contributed by atoms with E-state index in [1.54, 1.807) is 0 Å². The molecule has 0 aliphatic carbocycles. The Morgan fingerprint density at radius 3 is 2.47 bits per heavy atom. The minimum absolute atomic E-state index is 0.0254. The molecule has 0 amide bonds. The molecule has 2 N–H and O–H groups in total. The van der Waals surface area contributed by atoms with E-state index in [-0.39, 0.29) is 23.3 Å². The van der Waals surface area contributed by atoms with Gasteiger partial charge in [0.15, 0.2) is 5.82 Å². The van der Waals surface area contributed by atoms with Crippen LogP contribution < -0.4 is 11.4 Å². The zero-order chi connectivity index (χ0) is 23.2. The van der Waals surface area contributed by atoms with Crippen LogP contribution in [0.2, 0.25) is 0 Å². The van der Waals surface area contributed by atoms with Crippen molar-refractivity contribution in [3.63, 3.8) is 0 Å². The lowest BCUT2D eigenvalue weighted by Gasteiger charge is -2.12. The number of nitrogens with two attached hydrogens (primary N) is 1. The SMILES string of the molecule is Cn1c(=O)n(Cc2cc3cc(CN)ccc3n2CCCS(C)(=O)=O)c2cc(F)cc(F)c21. The van der Waals surface area contributed by atoms with Crippen molar-refractivity contribution in [3.05, 3.63) is 69.8 Å². The van der Waals surface area contributed by atoms with Crippen molar-refractivity contribution in [2.45, 2.75) is 26.1 Å². The van der Waals surface area contributed by atoms with E-state index in [2.05, 4.69) is 0 Å². The van der Waals surface area contributed by atoms with Gasteiger partial charge < -0.3 is 10.3 Å². The fourth-order valence-corrected chi connectivity index (χ4v) is 4.82. The molecule has 32 heavy (non-hydrogen) atoms. The van der Waals surface area contributed by atoms with Crippen LogP contribution in [0.15, 0.2) is 41.2 Å². The summed E-state index contributed by atoms with van der Waals surface area (Å²) in [5, 5.41) is 0.896. The monoisotopic (exact) mass is 462 g/mol. The number of imidazole rings is 1. The topological polar surface area (TPSA) is 92.0 Å². The summed E-state index contributed by atoms with van der Waals surface area (Å²) in [4.78, 5) is 12.9. The Balaban J connectivity index is 1.84. The number of aromatic nitrogens is 3. The Hall–Kier alpha value is -2.98. The first kappa shape index (κ1) is 22.2. The van der Waals surface area contributed by atoms with E-state index >= 15 is 0 Å². The van der Waals surface area contributed by atoms with Gasteiger partial charge >= 0.3 is 5.69 Å². The second kappa shape index (κ2) is 8.18. The van der Waals surface area contributed by atoms with Crippen LogP contribution >= 0.6 is 0 Å². The molecule has 0 radical (unpaired) electrons. The Bertz CT molecular complexity index is 1500. The average Bonchev–Trinajstić information content (AvgIpc) is 3.16. The lowest BCUT2D eigenvalue weighted by atomic mass is 10.1. The van der Waals surface area contributed by atoms with Gasteiger partial charge in [-0.05, 0) is 30.2 Å². The number of benzene rings is 2. The van der Waals surface area contributed by atoms with Gasteiger partial charge in [-0.2, -0.15) is 0 Å². The van der Waals surface area contributed by atoms with Gasteiger partial charge in [0, 0.05) is 55.1 Å². The number of nitrogens with zero attached hydrogens (tertiary/aromatic N) is 3. The van der Waals surface area contributed by atoms with E-state index in [1.165, 1.54) is 17.9 Å². The molecule has 0 unspecified atom stereocenters. The summed E-state index contributed by atoms with van der Waals surface area (Å²) >= 11 is 0. The van der Waals surface area contributed by atoms with Crippen molar-refractivity contribution in [1.29, 1.82) is 0 Å². The number of halogens is 2. The zero-order valence-electron chi connectivity index (χ0n) is 17.8. The number of hydrogen-bond donors (Lipinski definition) is 1. The van der Waals surface area contributed by atoms with E-state index < -0.39 is 27.2 Å². The van der Waals surface area contributed by atoms with Crippen LogP contribution in [0.1, 0.15) is 17.7 Å². The molecular weight excluding hydrogens is 438 g/mol. The maximum atomic E-state index is 14.4. The summed E-state index contributed by atoms with van der Waals surface area (Å²) < 4.78 is 55.9. The highest BCUT2D eigenvalue weighted by molar-refractivity contribution is 7.90. The Morgan fingerprint density at radius 2 is 1.78 bits per heavy atom.